The number of rotatable bonds is 3. The highest BCUT2D eigenvalue weighted by Gasteiger charge is 2.42. The van der Waals surface area contributed by atoms with Crippen LogP contribution >= 0.6 is 23.2 Å². The van der Waals surface area contributed by atoms with Crippen LogP contribution in [0.1, 0.15) is 37.7 Å². The number of nitrogens with zero attached hydrogens (tertiary/aromatic N) is 2. The molecule has 3 aliphatic heterocycles. The molecule has 0 radical (unpaired) electrons. The molecule has 0 saturated carbocycles. The minimum absolute atomic E-state index is 0.0622. The molecule has 3 fully saturated rings. The summed E-state index contributed by atoms with van der Waals surface area (Å²) in [5, 5.41) is 1.01. The number of ether oxygens (including phenoxy) is 1. The minimum atomic E-state index is -0.0622. The number of benzene rings is 1. The fraction of sp³-hybridized carbons (Fsp3) is 0.632. The van der Waals surface area contributed by atoms with Crippen LogP contribution in [0.25, 0.3) is 0 Å². The molecule has 3 saturated heterocycles. The Balaban J connectivity index is 1.38. The van der Waals surface area contributed by atoms with Crippen LogP contribution in [0.2, 0.25) is 10.0 Å². The highest BCUT2D eigenvalue weighted by Crippen LogP contribution is 2.34. The smallest absolute Gasteiger partial charge is 0.229 e. The van der Waals surface area contributed by atoms with E-state index in [2.05, 4.69) is 4.90 Å². The summed E-state index contributed by atoms with van der Waals surface area (Å²) in [6.45, 7) is 3.20. The maximum absolute atomic E-state index is 12.8. The van der Waals surface area contributed by atoms with E-state index in [1.54, 1.807) is 12.1 Å². The van der Waals surface area contributed by atoms with Gasteiger partial charge in [0.25, 0.3) is 0 Å². The van der Waals surface area contributed by atoms with Gasteiger partial charge in [-0.3, -0.25) is 9.69 Å². The first kappa shape index (κ1) is 17.6. The third-order valence-corrected chi connectivity index (χ3v) is 6.48. The van der Waals surface area contributed by atoms with Crippen LogP contribution in [-0.2, 0) is 16.0 Å². The van der Waals surface area contributed by atoms with Gasteiger partial charge in [0.1, 0.15) is 6.23 Å². The van der Waals surface area contributed by atoms with Gasteiger partial charge in [-0.05, 0) is 62.9 Å². The molecule has 0 N–H and O–H groups in total. The predicted octanol–water partition coefficient (Wildman–Crippen LogP) is 3.74. The molecule has 1 aromatic carbocycles. The van der Waals surface area contributed by atoms with Crippen molar-refractivity contribution in [2.75, 3.05) is 19.6 Å². The summed E-state index contributed by atoms with van der Waals surface area (Å²) in [6.07, 6.45) is 6.18. The molecule has 0 aromatic heterocycles. The summed E-state index contributed by atoms with van der Waals surface area (Å²) >= 11 is 12.0. The summed E-state index contributed by atoms with van der Waals surface area (Å²) < 4.78 is 6.28. The number of hydrogen-bond acceptors (Lipinski definition) is 3. The van der Waals surface area contributed by atoms with Crippen LogP contribution in [0.5, 0.6) is 0 Å². The van der Waals surface area contributed by atoms with Crippen molar-refractivity contribution in [1.82, 2.24) is 9.80 Å². The molecule has 136 valence electrons. The molecule has 4 rings (SSSR count). The van der Waals surface area contributed by atoms with E-state index in [-0.39, 0.29) is 18.2 Å². The maximum atomic E-state index is 12.8. The second kappa shape index (κ2) is 7.43. The highest BCUT2D eigenvalue weighted by molar-refractivity contribution is 6.42. The zero-order chi connectivity index (χ0) is 17.4. The molecule has 3 heterocycles. The van der Waals surface area contributed by atoms with Crippen molar-refractivity contribution in [3.63, 3.8) is 0 Å². The molecule has 1 amide bonds. The van der Waals surface area contributed by atoms with Gasteiger partial charge in [-0.15, -0.1) is 0 Å². The van der Waals surface area contributed by atoms with Crippen molar-refractivity contribution in [2.24, 2.45) is 0 Å². The number of carbonyl (C=O) groups excluding carboxylic acids is 1. The Morgan fingerprint density at radius 2 is 1.88 bits per heavy atom. The maximum Gasteiger partial charge on any atom is 0.229 e. The van der Waals surface area contributed by atoms with Crippen molar-refractivity contribution in [2.45, 2.75) is 56.9 Å². The Morgan fingerprint density at radius 1 is 1.08 bits per heavy atom. The standard InChI is InChI=1S/C19H24Cl2N2O2/c20-14-4-3-13(11-15(14)21)12-18(24)23-10-7-17-16(5-6-19(23)25-17)22-8-1-2-9-22/h3-4,11,16-17,19H,1-2,5-10,12H2/t16-,17-,19-/m1/s1. The molecule has 3 aliphatic rings. The Kier molecular flexibility index (Phi) is 5.23. The van der Waals surface area contributed by atoms with Gasteiger partial charge in [0.2, 0.25) is 5.91 Å². The minimum Gasteiger partial charge on any atom is -0.353 e. The monoisotopic (exact) mass is 382 g/mol. The first-order chi connectivity index (χ1) is 12.1. The number of amides is 1. The summed E-state index contributed by atoms with van der Waals surface area (Å²) in [5.41, 5.74) is 0.896. The lowest BCUT2D eigenvalue weighted by Gasteiger charge is -2.48. The lowest BCUT2D eigenvalue weighted by molar-refractivity contribution is -0.196. The van der Waals surface area contributed by atoms with Crippen molar-refractivity contribution in [1.29, 1.82) is 0 Å². The van der Waals surface area contributed by atoms with Crippen LogP contribution in [0, 0.1) is 0 Å². The molecule has 25 heavy (non-hydrogen) atoms. The predicted molar refractivity (Wildman–Crippen MR) is 99.0 cm³/mol. The molecule has 0 aliphatic carbocycles. The fourth-order valence-electron chi connectivity index (χ4n) is 4.46. The van der Waals surface area contributed by atoms with Gasteiger partial charge in [-0.25, -0.2) is 0 Å². The van der Waals surface area contributed by atoms with Crippen molar-refractivity contribution in [3.05, 3.63) is 33.8 Å². The first-order valence-corrected chi connectivity index (χ1v) is 10.0. The molecule has 3 atom stereocenters. The van der Waals surface area contributed by atoms with E-state index in [1.165, 1.54) is 25.9 Å². The summed E-state index contributed by atoms with van der Waals surface area (Å²) in [5.74, 6) is 0.112. The quantitative estimate of drug-likeness (QED) is 0.797. The molecule has 4 nitrogen and oxygen atoms in total. The van der Waals surface area contributed by atoms with Gasteiger partial charge in [0.15, 0.2) is 0 Å². The number of hydrogen-bond donors (Lipinski definition) is 0. The van der Waals surface area contributed by atoms with Crippen molar-refractivity contribution < 1.29 is 9.53 Å². The van der Waals surface area contributed by atoms with Crippen molar-refractivity contribution >= 4 is 29.1 Å². The summed E-state index contributed by atoms with van der Waals surface area (Å²) in [7, 11) is 0. The molecular formula is C19H24Cl2N2O2. The van der Waals surface area contributed by atoms with Crippen LogP contribution in [0.15, 0.2) is 18.2 Å². The van der Waals surface area contributed by atoms with E-state index in [0.717, 1.165) is 31.4 Å². The van der Waals surface area contributed by atoms with E-state index in [0.29, 0.717) is 22.5 Å². The third kappa shape index (κ3) is 3.68. The second-order valence-electron chi connectivity index (χ2n) is 7.32. The average Bonchev–Trinajstić information content (AvgIpc) is 3.13. The number of fused-ring (bicyclic) bond motifs is 2. The molecule has 1 aromatic rings. The Labute approximate surface area is 159 Å². The average molecular weight is 383 g/mol. The van der Waals surface area contributed by atoms with E-state index in [9.17, 15) is 4.79 Å². The van der Waals surface area contributed by atoms with Gasteiger partial charge in [-0.1, -0.05) is 29.3 Å². The van der Waals surface area contributed by atoms with Crippen LogP contribution in [0.3, 0.4) is 0 Å². The molecule has 0 unspecified atom stereocenters. The Hall–Kier alpha value is -0.810. The normalized spacial score (nSPS) is 29.8. The molecular weight excluding hydrogens is 359 g/mol. The van der Waals surface area contributed by atoms with Gasteiger partial charge in [0, 0.05) is 12.6 Å². The lowest BCUT2D eigenvalue weighted by atomic mass is 9.93. The van der Waals surface area contributed by atoms with Crippen LogP contribution in [0.4, 0.5) is 0 Å². The SMILES string of the molecule is O=C(Cc1ccc(Cl)c(Cl)c1)N1CC[C@H]2O[C@@H]1CC[C@H]2N1CCCC1. The first-order valence-electron chi connectivity index (χ1n) is 9.25. The third-order valence-electron chi connectivity index (χ3n) is 5.74. The second-order valence-corrected chi connectivity index (χ2v) is 8.13. The number of likely N-dealkylation sites (tertiary alicyclic amines) is 2. The van der Waals surface area contributed by atoms with Gasteiger partial charge in [-0.2, -0.15) is 0 Å². The lowest BCUT2D eigenvalue weighted by Crippen LogP contribution is -2.59. The topological polar surface area (TPSA) is 32.8 Å². The van der Waals surface area contributed by atoms with Crippen LogP contribution in [-0.4, -0.2) is 53.7 Å². The van der Waals surface area contributed by atoms with Gasteiger partial charge >= 0.3 is 0 Å². The Morgan fingerprint density at radius 3 is 2.64 bits per heavy atom. The van der Waals surface area contributed by atoms with Gasteiger partial charge in [0.05, 0.1) is 22.6 Å². The number of carbonyl (C=O) groups is 1. The molecule has 0 spiro atoms. The molecule has 2 bridgehead atoms. The van der Waals surface area contributed by atoms with E-state index < -0.39 is 0 Å². The highest BCUT2D eigenvalue weighted by atomic mass is 35.5. The van der Waals surface area contributed by atoms with Crippen LogP contribution < -0.4 is 0 Å². The largest absolute Gasteiger partial charge is 0.353 e. The fourth-order valence-corrected chi connectivity index (χ4v) is 4.78. The molecule has 6 heteroatoms. The van der Waals surface area contributed by atoms with E-state index >= 15 is 0 Å². The van der Waals surface area contributed by atoms with Gasteiger partial charge < -0.3 is 9.64 Å². The number of halogens is 2. The Bertz CT molecular complexity index is 648. The summed E-state index contributed by atoms with van der Waals surface area (Å²) in [6, 6.07) is 5.94. The summed E-state index contributed by atoms with van der Waals surface area (Å²) in [4.78, 5) is 17.3. The van der Waals surface area contributed by atoms with Crippen molar-refractivity contribution in [3.8, 4) is 0 Å². The van der Waals surface area contributed by atoms with E-state index in [4.69, 9.17) is 27.9 Å². The van der Waals surface area contributed by atoms with E-state index in [1.807, 2.05) is 11.0 Å². The zero-order valence-corrected chi connectivity index (χ0v) is 15.8. The zero-order valence-electron chi connectivity index (χ0n) is 14.3.